The summed E-state index contributed by atoms with van der Waals surface area (Å²) in [7, 11) is 1.27. The maximum Gasteiger partial charge on any atom is 0.416 e. The van der Waals surface area contributed by atoms with E-state index >= 15 is 0 Å². The second kappa shape index (κ2) is 3.46. The Labute approximate surface area is 78.1 Å². The number of methoxy groups -OCH3 is 1. The average molecular weight is 211 g/mol. The first-order valence-corrected chi connectivity index (χ1v) is 3.73. The van der Waals surface area contributed by atoms with Crippen LogP contribution in [0.15, 0.2) is 18.2 Å². The third-order valence-electron chi connectivity index (χ3n) is 1.48. The Bertz CT molecular complexity index is 309. The zero-order valence-corrected chi connectivity index (χ0v) is 7.41. The second-order valence-corrected chi connectivity index (χ2v) is 2.75. The summed E-state index contributed by atoms with van der Waals surface area (Å²) in [5.41, 5.74) is -0.770. The topological polar surface area (TPSA) is 9.23 Å². The SMILES string of the molecule is COc1cc(C(F)(F)F)ccc1Cl. The van der Waals surface area contributed by atoms with E-state index in [1.54, 1.807) is 0 Å². The van der Waals surface area contributed by atoms with Crippen LogP contribution in [0.5, 0.6) is 5.75 Å². The van der Waals surface area contributed by atoms with E-state index in [1.807, 2.05) is 0 Å². The third kappa shape index (κ3) is 2.28. The molecule has 0 spiro atoms. The van der Waals surface area contributed by atoms with Gasteiger partial charge < -0.3 is 4.74 Å². The van der Waals surface area contributed by atoms with Crippen LogP contribution in [0, 0.1) is 0 Å². The van der Waals surface area contributed by atoms with Gasteiger partial charge in [0, 0.05) is 0 Å². The third-order valence-corrected chi connectivity index (χ3v) is 1.79. The number of benzene rings is 1. The predicted molar refractivity (Wildman–Crippen MR) is 43.0 cm³/mol. The van der Waals surface area contributed by atoms with E-state index in [-0.39, 0.29) is 10.8 Å². The Morgan fingerprint density at radius 3 is 2.38 bits per heavy atom. The Morgan fingerprint density at radius 2 is 1.92 bits per heavy atom. The van der Waals surface area contributed by atoms with E-state index in [0.717, 1.165) is 18.2 Å². The van der Waals surface area contributed by atoms with Crippen molar-refractivity contribution in [2.45, 2.75) is 6.18 Å². The van der Waals surface area contributed by atoms with Gasteiger partial charge in [0.1, 0.15) is 5.75 Å². The van der Waals surface area contributed by atoms with Gasteiger partial charge in [0.15, 0.2) is 0 Å². The number of hydrogen-bond donors (Lipinski definition) is 0. The Morgan fingerprint density at radius 1 is 1.31 bits per heavy atom. The summed E-state index contributed by atoms with van der Waals surface area (Å²) < 4.78 is 41.1. The van der Waals surface area contributed by atoms with Crippen molar-refractivity contribution < 1.29 is 17.9 Å². The van der Waals surface area contributed by atoms with E-state index in [4.69, 9.17) is 11.6 Å². The minimum Gasteiger partial charge on any atom is -0.495 e. The lowest BCUT2D eigenvalue weighted by atomic mass is 10.2. The molecule has 0 aromatic heterocycles. The average Bonchev–Trinajstić information content (AvgIpc) is 2.03. The molecule has 0 fully saturated rings. The van der Waals surface area contributed by atoms with Crippen LogP contribution < -0.4 is 4.74 Å². The molecule has 0 aliphatic heterocycles. The standard InChI is InChI=1S/C8H6ClF3O/c1-13-7-4-5(8(10,11)12)2-3-6(7)9/h2-4H,1H3. The Kier molecular flexibility index (Phi) is 2.71. The van der Waals surface area contributed by atoms with Crippen molar-refractivity contribution in [2.75, 3.05) is 7.11 Å². The molecule has 1 nitrogen and oxygen atoms in total. The molecular formula is C8H6ClF3O. The van der Waals surface area contributed by atoms with E-state index in [0.29, 0.717) is 0 Å². The highest BCUT2D eigenvalue weighted by molar-refractivity contribution is 6.32. The number of rotatable bonds is 1. The molecule has 0 saturated heterocycles. The summed E-state index contributed by atoms with van der Waals surface area (Å²) in [6, 6.07) is 2.93. The maximum atomic E-state index is 12.1. The van der Waals surface area contributed by atoms with Crippen molar-refractivity contribution in [1.82, 2.24) is 0 Å². The van der Waals surface area contributed by atoms with Crippen molar-refractivity contribution in [3.63, 3.8) is 0 Å². The summed E-state index contributed by atoms with van der Waals surface area (Å²) in [6.45, 7) is 0. The summed E-state index contributed by atoms with van der Waals surface area (Å²) >= 11 is 5.55. The molecule has 0 bridgehead atoms. The van der Waals surface area contributed by atoms with Gasteiger partial charge in [-0.05, 0) is 18.2 Å². The van der Waals surface area contributed by atoms with Crippen LogP contribution in [-0.4, -0.2) is 7.11 Å². The van der Waals surface area contributed by atoms with Crippen molar-refractivity contribution >= 4 is 11.6 Å². The minimum atomic E-state index is -4.36. The highest BCUT2D eigenvalue weighted by atomic mass is 35.5. The largest absolute Gasteiger partial charge is 0.495 e. The molecule has 0 radical (unpaired) electrons. The van der Waals surface area contributed by atoms with E-state index in [1.165, 1.54) is 7.11 Å². The molecule has 0 N–H and O–H groups in total. The molecule has 0 amide bonds. The monoisotopic (exact) mass is 210 g/mol. The fraction of sp³-hybridized carbons (Fsp3) is 0.250. The van der Waals surface area contributed by atoms with Crippen LogP contribution >= 0.6 is 11.6 Å². The Balaban J connectivity index is 3.14. The van der Waals surface area contributed by atoms with Crippen LogP contribution in [0.4, 0.5) is 13.2 Å². The van der Waals surface area contributed by atoms with Crippen LogP contribution in [0.3, 0.4) is 0 Å². The van der Waals surface area contributed by atoms with Gasteiger partial charge in [0.05, 0.1) is 17.7 Å². The summed E-state index contributed by atoms with van der Waals surface area (Å²) in [5.74, 6) is 0.0245. The van der Waals surface area contributed by atoms with Gasteiger partial charge in [0.25, 0.3) is 0 Å². The van der Waals surface area contributed by atoms with Gasteiger partial charge in [0.2, 0.25) is 0 Å². The van der Waals surface area contributed by atoms with Gasteiger partial charge in [-0.3, -0.25) is 0 Å². The number of halogens is 4. The summed E-state index contributed by atoms with van der Waals surface area (Å²) in [4.78, 5) is 0. The first-order chi connectivity index (χ1) is 5.95. The fourth-order valence-corrected chi connectivity index (χ4v) is 1.03. The molecule has 0 unspecified atom stereocenters. The van der Waals surface area contributed by atoms with Crippen molar-refractivity contribution in [3.05, 3.63) is 28.8 Å². The quantitative estimate of drug-likeness (QED) is 0.691. The molecule has 72 valence electrons. The molecule has 0 aliphatic carbocycles. The molecule has 13 heavy (non-hydrogen) atoms. The lowest BCUT2D eigenvalue weighted by Gasteiger charge is -2.08. The van der Waals surface area contributed by atoms with Gasteiger partial charge in [-0.2, -0.15) is 13.2 Å². The fourth-order valence-electron chi connectivity index (χ4n) is 0.836. The van der Waals surface area contributed by atoms with Crippen LogP contribution in [0.2, 0.25) is 5.02 Å². The highest BCUT2D eigenvalue weighted by Crippen LogP contribution is 2.34. The Hall–Kier alpha value is -0.900. The number of alkyl halides is 3. The molecule has 1 aromatic carbocycles. The van der Waals surface area contributed by atoms with Crippen LogP contribution in [-0.2, 0) is 6.18 Å². The molecule has 5 heteroatoms. The first kappa shape index (κ1) is 10.2. The van der Waals surface area contributed by atoms with Gasteiger partial charge in [-0.15, -0.1) is 0 Å². The lowest BCUT2D eigenvalue weighted by molar-refractivity contribution is -0.137. The zero-order chi connectivity index (χ0) is 10.1. The zero-order valence-electron chi connectivity index (χ0n) is 6.65. The molecule has 0 heterocycles. The number of ether oxygens (including phenoxy) is 1. The second-order valence-electron chi connectivity index (χ2n) is 2.35. The predicted octanol–water partition coefficient (Wildman–Crippen LogP) is 3.37. The summed E-state index contributed by atoms with van der Waals surface area (Å²) in [6.07, 6.45) is -4.36. The highest BCUT2D eigenvalue weighted by Gasteiger charge is 2.31. The van der Waals surface area contributed by atoms with Gasteiger partial charge in [-0.1, -0.05) is 11.6 Å². The van der Waals surface area contributed by atoms with Crippen molar-refractivity contribution in [3.8, 4) is 5.75 Å². The van der Waals surface area contributed by atoms with Gasteiger partial charge in [-0.25, -0.2) is 0 Å². The maximum absolute atomic E-state index is 12.1. The molecular weight excluding hydrogens is 205 g/mol. The first-order valence-electron chi connectivity index (χ1n) is 3.36. The molecule has 1 rings (SSSR count). The van der Waals surface area contributed by atoms with Crippen LogP contribution in [0.25, 0.3) is 0 Å². The van der Waals surface area contributed by atoms with E-state index in [9.17, 15) is 13.2 Å². The summed E-state index contributed by atoms with van der Waals surface area (Å²) in [5, 5.41) is 0.163. The number of hydrogen-bond acceptors (Lipinski definition) is 1. The smallest absolute Gasteiger partial charge is 0.416 e. The lowest BCUT2D eigenvalue weighted by Crippen LogP contribution is -2.04. The molecule has 1 aromatic rings. The van der Waals surface area contributed by atoms with E-state index in [2.05, 4.69) is 4.74 Å². The molecule has 0 aliphatic rings. The normalized spacial score (nSPS) is 11.5. The van der Waals surface area contributed by atoms with Crippen molar-refractivity contribution in [1.29, 1.82) is 0 Å². The molecule has 0 atom stereocenters. The van der Waals surface area contributed by atoms with Gasteiger partial charge >= 0.3 is 6.18 Å². The minimum absolute atomic E-state index is 0.0245. The molecule has 0 saturated carbocycles. The van der Waals surface area contributed by atoms with E-state index < -0.39 is 11.7 Å². The van der Waals surface area contributed by atoms with Crippen LogP contribution in [0.1, 0.15) is 5.56 Å². The van der Waals surface area contributed by atoms with Crippen molar-refractivity contribution in [2.24, 2.45) is 0 Å².